The van der Waals surface area contributed by atoms with Crippen LogP contribution in [0.15, 0.2) is 42.5 Å². The maximum atomic E-state index is 9.09. The minimum Gasteiger partial charge on any atom is -0.192 e. The second kappa shape index (κ2) is 8.30. The van der Waals surface area contributed by atoms with Crippen LogP contribution in [0.5, 0.6) is 0 Å². The van der Waals surface area contributed by atoms with Gasteiger partial charge in [-0.05, 0) is 97.1 Å². The molecule has 0 radical (unpaired) electrons. The summed E-state index contributed by atoms with van der Waals surface area (Å²) in [4.78, 5) is 0. The van der Waals surface area contributed by atoms with Gasteiger partial charge in [-0.15, -0.1) is 0 Å². The molecule has 0 N–H and O–H groups in total. The third kappa shape index (κ3) is 4.11. The third-order valence-electron chi connectivity index (χ3n) is 6.99. The van der Waals surface area contributed by atoms with Crippen molar-refractivity contribution in [2.45, 2.75) is 76.5 Å². The van der Waals surface area contributed by atoms with E-state index in [1.807, 2.05) is 6.07 Å². The molecule has 0 bridgehead atoms. The minimum atomic E-state index is 0.625. The van der Waals surface area contributed by atoms with Crippen LogP contribution in [-0.2, 0) is 12.8 Å². The van der Waals surface area contributed by atoms with Crippen molar-refractivity contribution < 1.29 is 0 Å². The molecule has 1 saturated carbocycles. The van der Waals surface area contributed by atoms with Crippen molar-refractivity contribution in [2.75, 3.05) is 0 Å². The number of nitrogens with zero attached hydrogens (tertiary/aromatic N) is 1. The van der Waals surface area contributed by atoms with E-state index in [2.05, 4.69) is 49.4 Å². The van der Waals surface area contributed by atoms with Crippen molar-refractivity contribution in [3.63, 3.8) is 0 Å². The molecule has 2 aromatic carbocycles. The standard InChI is InChI=1S/C26H31N/c1-2-3-19-4-7-21(8-5-19)22-10-12-23(13-11-22)25-15-14-24-16-20(18-27)6-9-26(24)17-25/h6,9-13,16,19,21,25H,2-5,7-8,14-15,17H2,1H3. The first-order valence-electron chi connectivity index (χ1n) is 10.9. The zero-order chi connectivity index (χ0) is 18.6. The highest BCUT2D eigenvalue weighted by Crippen LogP contribution is 2.39. The molecule has 0 saturated heterocycles. The Balaban J connectivity index is 1.40. The maximum absolute atomic E-state index is 9.09. The molecule has 0 aromatic heterocycles. The normalized spacial score (nSPS) is 24.8. The first-order chi connectivity index (χ1) is 13.3. The molecule has 0 spiro atoms. The Hall–Kier alpha value is -2.07. The smallest absolute Gasteiger partial charge is 0.0991 e. The van der Waals surface area contributed by atoms with E-state index in [0.29, 0.717) is 5.92 Å². The molecule has 1 fully saturated rings. The van der Waals surface area contributed by atoms with Crippen LogP contribution in [0.3, 0.4) is 0 Å². The van der Waals surface area contributed by atoms with Gasteiger partial charge in [0.15, 0.2) is 0 Å². The van der Waals surface area contributed by atoms with E-state index < -0.39 is 0 Å². The van der Waals surface area contributed by atoms with Crippen molar-refractivity contribution in [1.29, 1.82) is 5.26 Å². The van der Waals surface area contributed by atoms with E-state index in [1.165, 1.54) is 61.6 Å². The lowest BCUT2D eigenvalue weighted by atomic mass is 9.76. The SMILES string of the molecule is CCCC1CCC(c2ccc(C3CCc4cc(C#N)ccc4C3)cc2)CC1. The average Bonchev–Trinajstić information content (AvgIpc) is 2.74. The van der Waals surface area contributed by atoms with Gasteiger partial charge in [-0.2, -0.15) is 5.26 Å². The zero-order valence-electron chi connectivity index (χ0n) is 16.6. The number of nitriles is 1. The lowest BCUT2D eigenvalue weighted by Gasteiger charge is -2.29. The number of hydrogen-bond donors (Lipinski definition) is 0. The van der Waals surface area contributed by atoms with E-state index >= 15 is 0 Å². The van der Waals surface area contributed by atoms with E-state index in [9.17, 15) is 0 Å². The summed E-state index contributed by atoms with van der Waals surface area (Å²) in [7, 11) is 0. The molecule has 1 unspecified atom stereocenters. The molecule has 2 aliphatic carbocycles. The van der Waals surface area contributed by atoms with Gasteiger partial charge in [-0.25, -0.2) is 0 Å². The fourth-order valence-electron chi connectivity index (χ4n) is 5.34. The Labute approximate surface area is 164 Å². The monoisotopic (exact) mass is 357 g/mol. The molecule has 2 aliphatic rings. The molecule has 0 amide bonds. The maximum Gasteiger partial charge on any atom is 0.0991 e. The minimum absolute atomic E-state index is 0.625. The molecule has 27 heavy (non-hydrogen) atoms. The Morgan fingerprint density at radius 1 is 0.852 bits per heavy atom. The van der Waals surface area contributed by atoms with Gasteiger partial charge in [0.25, 0.3) is 0 Å². The number of rotatable bonds is 4. The van der Waals surface area contributed by atoms with Gasteiger partial charge in [0, 0.05) is 0 Å². The predicted octanol–water partition coefficient (Wildman–Crippen LogP) is 6.90. The molecule has 0 heterocycles. The molecule has 1 atom stereocenters. The highest BCUT2D eigenvalue weighted by atomic mass is 14.3. The second-order valence-corrected chi connectivity index (χ2v) is 8.71. The molecule has 2 aromatic rings. The van der Waals surface area contributed by atoms with E-state index in [1.54, 1.807) is 5.56 Å². The average molecular weight is 358 g/mol. The van der Waals surface area contributed by atoms with Crippen molar-refractivity contribution >= 4 is 0 Å². The van der Waals surface area contributed by atoms with Gasteiger partial charge < -0.3 is 0 Å². The molecule has 1 nitrogen and oxygen atoms in total. The summed E-state index contributed by atoms with van der Waals surface area (Å²) in [5, 5.41) is 9.09. The van der Waals surface area contributed by atoms with E-state index in [0.717, 1.165) is 30.2 Å². The summed E-state index contributed by atoms with van der Waals surface area (Å²) >= 11 is 0. The van der Waals surface area contributed by atoms with Crippen LogP contribution in [0.2, 0.25) is 0 Å². The van der Waals surface area contributed by atoms with Crippen molar-refractivity contribution in [2.24, 2.45) is 5.92 Å². The van der Waals surface area contributed by atoms with Crippen molar-refractivity contribution in [1.82, 2.24) is 0 Å². The van der Waals surface area contributed by atoms with Crippen LogP contribution >= 0.6 is 0 Å². The topological polar surface area (TPSA) is 23.8 Å². The number of aryl methyl sites for hydroxylation is 1. The van der Waals surface area contributed by atoms with Crippen LogP contribution < -0.4 is 0 Å². The summed E-state index contributed by atoms with van der Waals surface area (Å²) < 4.78 is 0. The molecular weight excluding hydrogens is 326 g/mol. The number of hydrogen-bond acceptors (Lipinski definition) is 1. The summed E-state index contributed by atoms with van der Waals surface area (Å²) in [6, 6.07) is 18.1. The van der Waals surface area contributed by atoms with Crippen molar-refractivity contribution in [3.05, 3.63) is 70.3 Å². The molecule has 140 valence electrons. The summed E-state index contributed by atoms with van der Waals surface area (Å²) in [5.41, 5.74) is 6.66. The first kappa shape index (κ1) is 18.3. The number of benzene rings is 2. The van der Waals surface area contributed by atoms with Gasteiger partial charge in [0.1, 0.15) is 0 Å². The lowest BCUT2D eigenvalue weighted by Crippen LogP contribution is -2.14. The van der Waals surface area contributed by atoms with Gasteiger partial charge in [0.2, 0.25) is 0 Å². The van der Waals surface area contributed by atoms with Crippen LogP contribution in [0.25, 0.3) is 0 Å². The Bertz CT molecular complexity index is 803. The van der Waals surface area contributed by atoms with E-state index in [-0.39, 0.29) is 0 Å². The Kier molecular flexibility index (Phi) is 5.63. The summed E-state index contributed by atoms with van der Waals surface area (Å²) in [5.74, 6) is 2.39. The summed E-state index contributed by atoms with van der Waals surface area (Å²) in [6.45, 7) is 2.32. The Morgan fingerprint density at radius 3 is 2.22 bits per heavy atom. The van der Waals surface area contributed by atoms with Gasteiger partial charge in [-0.3, -0.25) is 0 Å². The fraction of sp³-hybridized carbons (Fsp3) is 0.500. The highest BCUT2D eigenvalue weighted by molar-refractivity contribution is 5.41. The predicted molar refractivity (Wildman–Crippen MR) is 112 cm³/mol. The van der Waals surface area contributed by atoms with E-state index in [4.69, 9.17) is 5.26 Å². The Morgan fingerprint density at radius 2 is 1.56 bits per heavy atom. The second-order valence-electron chi connectivity index (χ2n) is 8.71. The van der Waals surface area contributed by atoms with Crippen LogP contribution in [-0.4, -0.2) is 0 Å². The molecule has 0 aliphatic heterocycles. The first-order valence-corrected chi connectivity index (χ1v) is 10.9. The van der Waals surface area contributed by atoms with Crippen LogP contribution in [0.4, 0.5) is 0 Å². The molecular formula is C26H31N. The van der Waals surface area contributed by atoms with Crippen LogP contribution in [0.1, 0.15) is 91.5 Å². The highest BCUT2D eigenvalue weighted by Gasteiger charge is 2.23. The number of fused-ring (bicyclic) bond motifs is 1. The van der Waals surface area contributed by atoms with Gasteiger partial charge in [-0.1, -0.05) is 50.1 Å². The quantitative estimate of drug-likeness (QED) is 0.583. The zero-order valence-corrected chi connectivity index (χ0v) is 16.6. The van der Waals surface area contributed by atoms with Gasteiger partial charge in [0.05, 0.1) is 11.6 Å². The van der Waals surface area contributed by atoms with Gasteiger partial charge >= 0.3 is 0 Å². The summed E-state index contributed by atoms with van der Waals surface area (Å²) in [6.07, 6.45) is 11.8. The third-order valence-corrected chi connectivity index (χ3v) is 6.99. The van der Waals surface area contributed by atoms with Crippen molar-refractivity contribution in [3.8, 4) is 6.07 Å². The van der Waals surface area contributed by atoms with Crippen LogP contribution in [0, 0.1) is 17.2 Å². The largest absolute Gasteiger partial charge is 0.192 e. The molecule has 4 rings (SSSR count). The lowest BCUT2D eigenvalue weighted by molar-refractivity contribution is 0.308. The molecule has 1 heteroatoms. The fourth-order valence-corrected chi connectivity index (χ4v) is 5.34.